The van der Waals surface area contributed by atoms with Crippen molar-refractivity contribution < 1.29 is 0 Å². The number of benzene rings is 1. The normalized spacial score (nSPS) is 21.7. The van der Waals surface area contributed by atoms with E-state index >= 15 is 0 Å². The van der Waals surface area contributed by atoms with Gasteiger partial charge in [-0.25, -0.2) is 0 Å². The van der Waals surface area contributed by atoms with Crippen LogP contribution in [0.4, 0.5) is 0 Å². The molecule has 0 bridgehead atoms. The molecular formula is C18H30ClIN4. The van der Waals surface area contributed by atoms with Gasteiger partial charge in [0, 0.05) is 43.8 Å². The Bertz CT molecular complexity index is 536. The molecular weight excluding hydrogens is 435 g/mol. The summed E-state index contributed by atoms with van der Waals surface area (Å²) in [6.45, 7) is 9.89. The standard InChI is InChI=1S/C18H29ClN4.HI/c1-13(2)23-11-14(3)17(12-23)22-18(20-4)21-9-8-15-6-5-7-16(19)10-15;/h5-7,10,13-14,17H,8-9,11-12H2,1-4H3,(H2,20,21,22);1H. The third-order valence-electron chi connectivity index (χ3n) is 4.51. The lowest BCUT2D eigenvalue weighted by molar-refractivity contribution is 0.265. The van der Waals surface area contributed by atoms with Crippen molar-refractivity contribution in [1.82, 2.24) is 15.5 Å². The second-order valence-electron chi connectivity index (χ2n) is 6.65. The molecule has 0 aromatic heterocycles. The van der Waals surface area contributed by atoms with Crippen molar-refractivity contribution in [3.8, 4) is 0 Å². The summed E-state index contributed by atoms with van der Waals surface area (Å²) in [5, 5.41) is 7.77. The Labute approximate surface area is 168 Å². The highest BCUT2D eigenvalue weighted by molar-refractivity contribution is 14.0. The average Bonchev–Trinajstić information content (AvgIpc) is 2.87. The molecule has 0 amide bonds. The van der Waals surface area contributed by atoms with Gasteiger partial charge in [-0.2, -0.15) is 0 Å². The molecule has 0 aliphatic carbocycles. The Morgan fingerprint density at radius 3 is 2.71 bits per heavy atom. The average molecular weight is 465 g/mol. The summed E-state index contributed by atoms with van der Waals surface area (Å²) in [6.07, 6.45) is 0.930. The van der Waals surface area contributed by atoms with Gasteiger partial charge >= 0.3 is 0 Å². The molecule has 2 atom stereocenters. The van der Waals surface area contributed by atoms with Crippen LogP contribution >= 0.6 is 35.6 Å². The molecule has 2 rings (SSSR count). The SMILES string of the molecule is CN=C(NCCc1cccc(Cl)c1)NC1CN(C(C)C)CC1C.I. The van der Waals surface area contributed by atoms with E-state index in [-0.39, 0.29) is 24.0 Å². The van der Waals surface area contributed by atoms with Gasteiger partial charge in [-0.1, -0.05) is 30.7 Å². The molecule has 1 aliphatic heterocycles. The van der Waals surface area contributed by atoms with Crippen LogP contribution in [0.15, 0.2) is 29.3 Å². The monoisotopic (exact) mass is 464 g/mol. The van der Waals surface area contributed by atoms with Crippen LogP contribution in [0.1, 0.15) is 26.3 Å². The van der Waals surface area contributed by atoms with Gasteiger partial charge in [0.05, 0.1) is 0 Å². The zero-order chi connectivity index (χ0) is 16.8. The first kappa shape index (κ1) is 21.5. The second kappa shape index (κ2) is 10.5. The highest BCUT2D eigenvalue weighted by atomic mass is 127. The van der Waals surface area contributed by atoms with Crippen molar-refractivity contribution in [2.45, 2.75) is 39.3 Å². The molecule has 1 saturated heterocycles. The third kappa shape index (κ3) is 6.41. The van der Waals surface area contributed by atoms with Crippen LogP contribution in [0.2, 0.25) is 5.02 Å². The lowest BCUT2D eigenvalue weighted by Crippen LogP contribution is -2.47. The van der Waals surface area contributed by atoms with Crippen molar-refractivity contribution in [3.05, 3.63) is 34.9 Å². The number of nitrogens with one attached hydrogen (secondary N) is 2. The molecule has 1 aliphatic rings. The lowest BCUT2D eigenvalue weighted by Gasteiger charge is -2.22. The number of rotatable bonds is 5. The molecule has 0 spiro atoms. The first-order valence-corrected chi connectivity index (χ1v) is 8.83. The van der Waals surface area contributed by atoms with E-state index in [1.807, 2.05) is 25.2 Å². The van der Waals surface area contributed by atoms with Gasteiger partial charge in [-0.3, -0.25) is 9.89 Å². The van der Waals surface area contributed by atoms with Crippen LogP contribution in [0.3, 0.4) is 0 Å². The van der Waals surface area contributed by atoms with Crippen molar-refractivity contribution >= 4 is 41.5 Å². The molecule has 136 valence electrons. The van der Waals surface area contributed by atoms with Crippen LogP contribution in [0.25, 0.3) is 0 Å². The maximum atomic E-state index is 6.02. The van der Waals surface area contributed by atoms with Gasteiger partial charge in [-0.15, -0.1) is 24.0 Å². The first-order chi connectivity index (χ1) is 11.0. The second-order valence-corrected chi connectivity index (χ2v) is 7.09. The quantitative estimate of drug-likeness (QED) is 0.399. The number of halogens is 2. The Hall–Kier alpha value is -0.530. The largest absolute Gasteiger partial charge is 0.356 e. The van der Waals surface area contributed by atoms with E-state index in [1.54, 1.807) is 0 Å². The predicted octanol–water partition coefficient (Wildman–Crippen LogP) is 3.39. The van der Waals surface area contributed by atoms with Crippen LogP contribution < -0.4 is 10.6 Å². The Kier molecular flexibility index (Phi) is 9.37. The predicted molar refractivity (Wildman–Crippen MR) is 115 cm³/mol. The van der Waals surface area contributed by atoms with Crippen LogP contribution in [-0.2, 0) is 6.42 Å². The summed E-state index contributed by atoms with van der Waals surface area (Å²) >= 11 is 6.02. The number of guanidine groups is 1. The third-order valence-corrected chi connectivity index (χ3v) is 4.75. The highest BCUT2D eigenvalue weighted by Crippen LogP contribution is 2.18. The van der Waals surface area contributed by atoms with Crippen LogP contribution in [-0.4, -0.2) is 49.6 Å². The minimum Gasteiger partial charge on any atom is -0.356 e. The summed E-state index contributed by atoms with van der Waals surface area (Å²) in [5.41, 5.74) is 1.24. The Morgan fingerprint density at radius 1 is 1.38 bits per heavy atom. The van der Waals surface area contributed by atoms with Crippen molar-refractivity contribution in [1.29, 1.82) is 0 Å². The van der Waals surface area contributed by atoms with E-state index in [0.717, 1.165) is 37.0 Å². The molecule has 2 unspecified atom stereocenters. The molecule has 6 heteroatoms. The Balaban J connectivity index is 0.00000288. The van der Waals surface area contributed by atoms with E-state index in [9.17, 15) is 0 Å². The number of nitrogens with zero attached hydrogens (tertiary/aromatic N) is 2. The molecule has 24 heavy (non-hydrogen) atoms. The summed E-state index contributed by atoms with van der Waals surface area (Å²) in [6, 6.07) is 9.06. The van der Waals surface area contributed by atoms with Gasteiger partial charge in [0.2, 0.25) is 0 Å². The zero-order valence-electron chi connectivity index (χ0n) is 15.1. The molecule has 1 aromatic carbocycles. The lowest BCUT2D eigenvalue weighted by atomic mass is 10.1. The van der Waals surface area contributed by atoms with Crippen LogP contribution in [0, 0.1) is 5.92 Å². The van der Waals surface area contributed by atoms with Crippen LogP contribution in [0.5, 0.6) is 0 Å². The fourth-order valence-corrected chi connectivity index (χ4v) is 3.21. The van der Waals surface area contributed by atoms with Gasteiger partial charge in [0.1, 0.15) is 0 Å². The molecule has 0 radical (unpaired) electrons. The maximum Gasteiger partial charge on any atom is 0.191 e. The first-order valence-electron chi connectivity index (χ1n) is 8.45. The molecule has 0 saturated carbocycles. The summed E-state index contributed by atoms with van der Waals surface area (Å²) in [7, 11) is 1.83. The van der Waals surface area contributed by atoms with Gasteiger partial charge < -0.3 is 10.6 Å². The van der Waals surface area contributed by atoms with E-state index in [1.165, 1.54) is 5.56 Å². The number of aliphatic imine (C=N–C) groups is 1. The van der Waals surface area contributed by atoms with Crippen molar-refractivity contribution in [2.75, 3.05) is 26.7 Å². The van der Waals surface area contributed by atoms with Crippen molar-refractivity contribution in [3.63, 3.8) is 0 Å². The van der Waals surface area contributed by atoms with Gasteiger partial charge in [0.25, 0.3) is 0 Å². The number of likely N-dealkylation sites (tertiary alicyclic amines) is 1. The smallest absolute Gasteiger partial charge is 0.191 e. The van der Waals surface area contributed by atoms with E-state index in [4.69, 9.17) is 11.6 Å². The fraction of sp³-hybridized carbons (Fsp3) is 0.611. The van der Waals surface area contributed by atoms with E-state index in [2.05, 4.69) is 47.4 Å². The van der Waals surface area contributed by atoms with Gasteiger partial charge in [0.15, 0.2) is 5.96 Å². The zero-order valence-corrected chi connectivity index (χ0v) is 18.1. The van der Waals surface area contributed by atoms with Gasteiger partial charge in [-0.05, 0) is 43.9 Å². The number of hydrogen-bond donors (Lipinski definition) is 2. The topological polar surface area (TPSA) is 39.7 Å². The van der Waals surface area contributed by atoms with E-state index in [0.29, 0.717) is 18.0 Å². The van der Waals surface area contributed by atoms with E-state index < -0.39 is 0 Å². The minimum absolute atomic E-state index is 0. The summed E-state index contributed by atoms with van der Waals surface area (Å²) < 4.78 is 0. The molecule has 2 N–H and O–H groups in total. The maximum absolute atomic E-state index is 6.02. The Morgan fingerprint density at radius 2 is 2.12 bits per heavy atom. The molecule has 1 aromatic rings. The molecule has 1 fully saturated rings. The minimum atomic E-state index is 0. The number of hydrogen-bond acceptors (Lipinski definition) is 2. The fourth-order valence-electron chi connectivity index (χ4n) is 3.00. The summed E-state index contributed by atoms with van der Waals surface area (Å²) in [4.78, 5) is 6.87. The molecule has 1 heterocycles. The summed E-state index contributed by atoms with van der Waals surface area (Å²) in [5.74, 6) is 1.51. The molecule has 4 nitrogen and oxygen atoms in total. The van der Waals surface area contributed by atoms with Crippen molar-refractivity contribution in [2.24, 2.45) is 10.9 Å². The highest BCUT2D eigenvalue weighted by Gasteiger charge is 2.31.